The number of hydrogen-bond donors (Lipinski definition) is 1. The van der Waals surface area contributed by atoms with Crippen molar-refractivity contribution >= 4 is 20.9 Å². The van der Waals surface area contributed by atoms with Crippen LogP contribution in [0.2, 0.25) is 0 Å². The van der Waals surface area contributed by atoms with Crippen LogP contribution >= 0.6 is 0 Å². The van der Waals surface area contributed by atoms with Crippen LogP contribution in [-0.4, -0.2) is 19.5 Å². The molecule has 0 atom stereocenters. The largest absolute Gasteiger partial charge is 0.417 e. The fourth-order valence-corrected chi connectivity index (χ4v) is 4.33. The topological polar surface area (TPSA) is 68.2 Å². The highest BCUT2D eigenvalue weighted by Gasteiger charge is 2.34. The summed E-state index contributed by atoms with van der Waals surface area (Å²) in [7, 11) is -2.65. The lowest BCUT2D eigenvalue weighted by atomic mass is 10.1. The van der Waals surface area contributed by atoms with Gasteiger partial charge in [-0.15, -0.1) is 0 Å². The van der Waals surface area contributed by atoms with Crippen molar-refractivity contribution in [1.29, 1.82) is 0 Å². The quantitative estimate of drug-likeness (QED) is 0.570. The molecular weight excluding hydrogens is 417 g/mol. The number of halogens is 3. The molecule has 0 aliphatic carbocycles. The van der Waals surface area contributed by atoms with Gasteiger partial charge in [0, 0.05) is 25.0 Å². The van der Waals surface area contributed by atoms with Crippen molar-refractivity contribution in [2.24, 2.45) is 7.05 Å². The van der Waals surface area contributed by atoms with Gasteiger partial charge in [-0.1, -0.05) is 30.3 Å². The maximum atomic E-state index is 13.4. The lowest BCUT2D eigenvalue weighted by Crippen LogP contribution is -2.25. The molecule has 1 N–H and O–H groups in total. The minimum Gasteiger partial charge on any atom is -0.311 e. The molecule has 0 bridgehead atoms. The van der Waals surface area contributed by atoms with Gasteiger partial charge in [0.1, 0.15) is 0 Å². The molecule has 160 valence electrons. The second kappa shape index (κ2) is 8.61. The van der Waals surface area contributed by atoms with Crippen LogP contribution in [-0.2, 0) is 29.7 Å². The van der Waals surface area contributed by atoms with E-state index < -0.39 is 27.3 Å². The summed E-state index contributed by atoms with van der Waals surface area (Å²) in [4.78, 5) is 11.5. The Hall–Kier alpha value is -2.65. The Kier molecular flexibility index (Phi) is 6.33. The van der Waals surface area contributed by atoms with Crippen molar-refractivity contribution in [2.45, 2.75) is 30.3 Å². The van der Waals surface area contributed by atoms with Crippen molar-refractivity contribution < 1.29 is 21.6 Å². The van der Waals surface area contributed by atoms with Gasteiger partial charge in [0.15, 0.2) is 0 Å². The molecule has 0 aliphatic heterocycles. The zero-order valence-electron chi connectivity index (χ0n) is 16.2. The van der Waals surface area contributed by atoms with Gasteiger partial charge in [-0.2, -0.15) is 13.2 Å². The van der Waals surface area contributed by atoms with E-state index in [0.29, 0.717) is 12.5 Å². The first-order valence-corrected chi connectivity index (χ1v) is 10.8. The second-order valence-electron chi connectivity index (χ2n) is 6.97. The van der Waals surface area contributed by atoms with Crippen LogP contribution in [0.1, 0.15) is 24.0 Å². The molecule has 0 unspecified atom stereocenters. The smallest absolute Gasteiger partial charge is 0.311 e. The number of nitrogens with zero attached hydrogens (tertiary/aromatic N) is 1. The standard InChI is InChI=1S/C21H21F3N2O3S/c1-26-19-11-10-16(13-17(19)18(14-20(26)27)21(22,23)24)30(28,29)25-12-6-5-9-15-7-3-2-4-8-15/h2-4,7-8,10-11,13-14,25H,5-6,9,12H2,1H3. The number of unbranched alkanes of at least 4 members (excludes halogenated alkanes) is 1. The molecule has 0 radical (unpaired) electrons. The Labute approximate surface area is 172 Å². The number of sulfonamides is 1. The first kappa shape index (κ1) is 22.0. The highest BCUT2D eigenvalue weighted by molar-refractivity contribution is 7.89. The zero-order chi connectivity index (χ0) is 21.9. The number of aryl methyl sites for hydroxylation is 2. The Morgan fingerprint density at radius 1 is 1.00 bits per heavy atom. The van der Waals surface area contributed by atoms with Crippen molar-refractivity contribution in [3.05, 3.63) is 76.1 Å². The van der Waals surface area contributed by atoms with Crippen LogP contribution in [0.3, 0.4) is 0 Å². The Bertz CT molecular complexity index is 1200. The lowest BCUT2D eigenvalue weighted by molar-refractivity contribution is -0.136. The predicted octanol–water partition coefficient (Wildman–Crippen LogP) is 3.86. The number of nitrogens with one attached hydrogen (secondary N) is 1. The monoisotopic (exact) mass is 438 g/mol. The van der Waals surface area contributed by atoms with Crippen molar-refractivity contribution in [2.75, 3.05) is 6.54 Å². The average Bonchev–Trinajstić information content (AvgIpc) is 2.70. The summed E-state index contributed by atoms with van der Waals surface area (Å²) in [5.41, 5.74) is -0.806. The van der Waals surface area contributed by atoms with Gasteiger partial charge in [-0.3, -0.25) is 4.79 Å². The van der Waals surface area contributed by atoms with Gasteiger partial charge in [0.05, 0.1) is 16.0 Å². The maximum Gasteiger partial charge on any atom is 0.417 e. The SMILES string of the molecule is Cn1c(=O)cc(C(F)(F)F)c2cc(S(=O)(=O)NCCCCc3ccccc3)ccc21. The van der Waals surface area contributed by atoms with Gasteiger partial charge < -0.3 is 4.57 Å². The molecule has 30 heavy (non-hydrogen) atoms. The molecule has 1 aromatic heterocycles. The highest BCUT2D eigenvalue weighted by Crippen LogP contribution is 2.34. The molecule has 5 nitrogen and oxygen atoms in total. The van der Waals surface area contributed by atoms with Gasteiger partial charge >= 0.3 is 6.18 Å². The van der Waals surface area contributed by atoms with Crippen molar-refractivity contribution in [3.8, 4) is 0 Å². The Morgan fingerprint density at radius 3 is 2.37 bits per heavy atom. The number of benzene rings is 2. The first-order chi connectivity index (χ1) is 14.1. The third kappa shape index (κ3) is 4.91. The van der Waals surface area contributed by atoms with Crippen LogP contribution < -0.4 is 10.3 Å². The molecule has 0 saturated carbocycles. The number of hydrogen-bond acceptors (Lipinski definition) is 3. The molecule has 0 saturated heterocycles. The molecule has 9 heteroatoms. The number of pyridine rings is 1. The second-order valence-corrected chi connectivity index (χ2v) is 8.74. The molecule has 0 amide bonds. The number of aromatic nitrogens is 1. The fraction of sp³-hybridized carbons (Fsp3) is 0.286. The average molecular weight is 438 g/mol. The number of alkyl halides is 3. The fourth-order valence-electron chi connectivity index (χ4n) is 3.23. The lowest BCUT2D eigenvalue weighted by Gasteiger charge is -2.14. The van der Waals surface area contributed by atoms with E-state index in [9.17, 15) is 26.4 Å². The van der Waals surface area contributed by atoms with E-state index in [2.05, 4.69) is 4.72 Å². The summed E-state index contributed by atoms with van der Waals surface area (Å²) in [6, 6.07) is 13.6. The summed E-state index contributed by atoms with van der Waals surface area (Å²) in [6.45, 7) is 0.173. The minimum atomic E-state index is -4.78. The van der Waals surface area contributed by atoms with E-state index in [1.54, 1.807) is 0 Å². The summed E-state index contributed by atoms with van der Waals surface area (Å²) in [6.07, 6.45) is -2.62. The van der Waals surface area contributed by atoms with Crippen molar-refractivity contribution in [3.63, 3.8) is 0 Å². The van der Waals surface area contributed by atoms with Gasteiger partial charge in [0.25, 0.3) is 5.56 Å². The van der Waals surface area contributed by atoms with Crippen LogP contribution in [0.25, 0.3) is 10.9 Å². The third-order valence-corrected chi connectivity index (χ3v) is 6.32. The van der Waals surface area contributed by atoms with Gasteiger partial charge in [0.2, 0.25) is 10.0 Å². The summed E-state index contributed by atoms with van der Waals surface area (Å²) in [5.74, 6) is 0. The molecule has 1 heterocycles. The minimum absolute atomic E-state index is 0.0108. The highest BCUT2D eigenvalue weighted by atomic mass is 32.2. The third-order valence-electron chi connectivity index (χ3n) is 4.86. The summed E-state index contributed by atoms with van der Waals surface area (Å²) in [5, 5.41) is -0.337. The normalized spacial score (nSPS) is 12.4. The molecule has 3 rings (SSSR count). The summed E-state index contributed by atoms with van der Waals surface area (Å²) < 4.78 is 68.7. The molecule has 2 aromatic carbocycles. The van der Waals surface area contributed by atoms with E-state index in [4.69, 9.17) is 0 Å². The van der Waals surface area contributed by atoms with E-state index in [1.165, 1.54) is 19.2 Å². The molecular formula is C21H21F3N2O3S. The summed E-state index contributed by atoms with van der Waals surface area (Å²) >= 11 is 0. The van der Waals surface area contributed by atoms with Gasteiger partial charge in [-0.25, -0.2) is 13.1 Å². The van der Waals surface area contributed by atoms with Gasteiger partial charge in [-0.05, 0) is 43.0 Å². The van der Waals surface area contributed by atoms with Crippen molar-refractivity contribution in [1.82, 2.24) is 9.29 Å². The number of rotatable bonds is 7. The van der Waals surface area contributed by atoms with Crippen LogP contribution in [0.4, 0.5) is 13.2 Å². The van der Waals surface area contributed by atoms with Crippen LogP contribution in [0, 0.1) is 0 Å². The zero-order valence-corrected chi connectivity index (χ0v) is 17.1. The van der Waals surface area contributed by atoms with E-state index in [-0.39, 0.29) is 22.3 Å². The Morgan fingerprint density at radius 2 is 1.70 bits per heavy atom. The van der Waals surface area contributed by atoms with E-state index >= 15 is 0 Å². The van der Waals surface area contributed by atoms with E-state index in [0.717, 1.165) is 29.0 Å². The number of fused-ring (bicyclic) bond motifs is 1. The molecule has 0 fully saturated rings. The predicted molar refractivity (Wildman–Crippen MR) is 109 cm³/mol. The van der Waals surface area contributed by atoms with Crippen LogP contribution in [0.15, 0.2) is 64.3 Å². The molecule has 0 aliphatic rings. The van der Waals surface area contributed by atoms with E-state index in [1.807, 2.05) is 30.3 Å². The maximum absolute atomic E-state index is 13.4. The first-order valence-electron chi connectivity index (χ1n) is 9.34. The molecule has 0 spiro atoms. The molecule has 3 aromatic rings. The Balaban J connectivity index is 1.78. The van der Waals surface area contributed by atoms with Crippen LogP contribution in [0.5, 0.6) is 0 Å².